The minimum atomic E-state index is -3.52. The summed E-state index contributed by atoms with van der Waals surface area (Å²) in [7, 11) is -3.52. The summed E-state index contributed by atoms with van der Waals surface area (Å²) in [4.78, 5) is 8.44. The molecule has 9 nitrogen and oxygen atoms in total. The Morgan fingerprint density at radius 1 is 1.03 bits per heavy atom. The number of aromatic nitrogens is 4. The molecule has 0 bridgehead atoms. The maximum Gasteiger partial charge on any atom is 0.232 e. The van der Waals surface area contributed by atoms with Crippen LogP contribution in [0, 0.1) is 12.7 Å². The summed E-state index contributed by atoms with van der Waals surface area (Å²) in [5, 5.41) is 10.3. The third-order valence-corrected chi connectivity index (χ3v) is 6.15. The minimum Gasteiger partial charge on any atom is -0.487 e. The van der Waals surface area contributed by atoms with Gasteiger partial charge in [-0.05, 0) is 43.7 Å². The van der Waals surface area contributed by atoms with Gasteiger partial charge in [-0.25, -0.2) is 17.8 Å². The number of anilines is 3. The quantitative estimate of drug-likeness (QED) is 0.323. The number of nitrogens with zero attached hydrogens (tertiary/aromatic N) is 3. The number of aryl methyl sites for hydroxylation is 1. The largest absolute Gasteiger partial charge is 0.487 e. The van der Waals surface area contributed by atoms with Crippen molar-refractivity contribution in [3.63, 3.8) is 0 Å². The van der Waals surface area contributed by atoms with Crippen molar-refractivity contribution in [2.24, 2.45) is 0 Å². The smallest absolute Gasteiger partial charge is 0.232 e. The van der Waals surface area contributed by atoms with E-state index in [-0.39, 0.29) is 18.2 Å². The van der Waals surface area contributed by atoms with Crippen LogP contribution < -0.4 is 14.8 Å². The number of rotatable bonds is 9. The minimum absolute atomic E-state index is 0.0797. The van der Waals surface area contributed by atoms with Gasteiger partial charge in [-0.1, -0.05) is 18.2 Å². The van der Waals surface area contributed by atoms with E-state index in [0.29, 0.717) is 28.8 Å². The Morgan fingerprint density at radius 2 is 1.82 bits per heavy atom. The van der Waals surface area contributed by atoms with Crippen LogP contribution in [0.4, 0.5) is 21.7 Å². The van der Waals surface area contributed by atoms with Gasteiger partial charge in [-0.15, -0.1) is 0 Å². The number of hydrogen-bond acceptors (Lipinski definition) is 7. The molecule has 0 aliphatic heterocycles. The maximum atomic E-state index is 13.2. The number of nitrogens with one attached hydrogen (secondary N) is 3. The van der Waals surface area contributed by atoms with E-state index in [2.05, 4.69) is 30.2 Å². The summed E-state index contributed by atoms with van der Waals surface area (Å²) in [6.07, 6.45) is 3.26. The van der Waals surface area contributed by atoms with E-state index in [9.17, 15) is 12.8 Å². The number of halogens is 1. The Hall–Kier alpha value is -3.99. The first-order chi connectivity index (χ1) is 16.3. The highest BCUT2D eigenvalue weighted by Gasteiger charge is 2.14. The normalized spacial score (nSPS) is 11.3. The molecule has 176 valence electrons. The maximum absolute atomic E-state index is 13.2. The van der Waals surface area contributed by atoms with E-state index in [4.69, 9.17) is 4.74 Å². The lowest BCUT2D eigenvalue weighted by molar-refractivity contribution is 0.308. The summed E-state index contributed by atoms with van der Waals surface area (Å²) in [6.45, 7) is 3.53. The lowest BCUT2D eigenvalue weighted by Gasteiger charge is -2.14. The molecule has 11 heteroatoms. The molecule has 2 aromatic carbocycles. The van der Waals surface area contributed by atoms with Crippen molar-refractivity contribution in [1.82, 2.24) is 20.2 Å². The monoisotopic (exact) mass is 482 g/mol. The van der Waals surface area contributed by atoms with Crippen molar-refractivity contribution < 1.29 is 17.5 Å². The molecule has 0 saturated heterocycles. The third-order valence-electron chi connectivity index (χ3n) is 4.86. The van der Waals surface area contributed by atoms with Crippen LogP contribution >= 0.6 is 0 Å². The van der Waals surface area contributed by atoms with E-state index in [1.807, 2.05) is 6.92 Å². The molecule has 4 rings (SSSR count). The molecule has 3 N–H and O–H groups in total. The second-order valence-corrected chi connectivity index (χ2v) is 9.48. The zero-order chi connectivity index (χ0) is 24.1. The van der Waals surface area contributed by atoms with Gasteiger partial charge in [0.2, 0.25) is 10.0 Å². The lowest BCUT2D eigenvalue weighted by Crippen LogP contribution is -2.15. The van der Waals surface area contributed by atoms with Crippen LogP contribution in [-0.2, 0) is 16.6 Å². The standard InChI is InChI=1S/C23H23FN6O3S/c1-3-34(31,32)30-19-9-6-17(10-21(19)33-14-16-4-7-18(24)8-5-16)20-11-22(29-28-20)27-23-13-25-15(2)12-26-23/h4-13,30H,3,14H2,1-2H3,(H2,26,27,28,29). The summed E-state index contributed by atoms with van der Waals surface area (Å²) in [5.41, 5.74) is 3.26. The van der Waals surface area contributed by atoms with E-state index in [1.54, 1.807) is 55.7 Å². The molecule has 0 spiro atoms. The SMILES string of the molecule is CCS(=O)(=O)Nc1ccc(-c2cc(Nc3cnc(C)cn3)n[nH]2)cc1OCc1ccc(F)cc1. The van der Waals surface area contributed by atoms with Crippen molar-refractivity contribution in [3.8, 4) is 17.0 Å². The number of aromatic amines is 1. The highest BCUT2D eigenvalue weighted by molar-refractivity contribution is 7.92. The Kier molecular flexibility index (Phi) is 6.73. The van der Waals surface area contributed by atoms with Gasteiger partial charge >= 0.3 is 0 Å². The summed E-state index contributed by atoms with van der Waals surface area (Å²) in [6, 6.07) is 12.8. The van der Waals surface area contributed by atoms with Crippen LogP contribution in [0.25, 0.3) is 11.3 Å². The van der Waals surface area contributed by atoms with Crippen molar-refractivity contribution in [2.45, 2.75) is 20.5 Å². The van der Waals surface area contributed by atoms with Gasteiger partial charge < -0.3 is 10.1 Å². The number of ether oxygens (including phenoxy) is 1. The van der Waals surface area contributed by atoms with Crippen LogP contribution in [0.1, 0.15) is 18.2 Å². The molecule has 0 aliphatic rings. The molecule has 34 heavy (non-hydrogen) atoms. The molecule has 2 heterocycles. The first kappa shape index (κ1) is 23.2. The van der Waals surface area contributed by atoms with Gasteiger partial charge in [0.25, 0.3) is 0 Å². The number of hydrogen-bond donors (Lipinski definition) is 3. The fourth-order valence-corrected chi connectivity index (χ4v) is 3.65. The third kappa shape index (κ3) is 5.87. The first-order valence-corrected chi connectivity index (χ1v) is 12.1. The highest BCUT2D eigenvalue weighted by Crippen LogP contribution is 2.32. The fraction of sp³-hybridized carbons (Fsp3) is 0.174. The lowest BCUT2D eigenvalue weighted by atomic mass is 10.1. The van der Waals surface area contributed by atoms with Crippen molar-refractivity contribution >= 4 is 27.3 Å². The van der Waals surface area contributed by atoms with Crippen molar-refractivity contribution in [1.29, 1.82) is 0 Å². The Morgan fingerprint density at radius 3 is 2.53 bits per heavy atom. The number of benzene rings is 2. The van der Waals surface area contributed by atoms with E-state index >= 15 is 0 Å². The van der Waals surface area contributed by atoms with E-state index in [1.165, 1.54) is 12.1 Å². The van der Waals surface area contributed by atoms with Gasteiger partial charge in [-0.2, -0.15) is 5.10 Å². The second-order valence-electron chi connectivity index (χ2n) is 7.47. The average Bonchev–Trinajstić information content (AvgIpc) is 3.29. The predicted molar refractivity (Wildman–Crippen MR) is 128 cm³/mol. The molecule has 0 saturated carbocycles. The van der Waals surface area contributed by atoms with Crippen molar-refractivity contribution in [3.05, 3.63) is 78.0 Å². The Labute approximate surface area is 196 Å². The molecule has 0 fully saturated rings. The molecule has 0 atom stereocenters. The highest BCUT2D eigenvalue weighted by atomic mass is 32.2. The summed E-state index contributed by atoms with van der Waals surface area (Å²) in [5.74, 6) is 0.993. The molecule has 0 radical (unpaired) electrons. The summed E-state index contributed by atoms with van der Waals surface area (Å²) >= 11 is 0. The van der Waals surface area contributed by atoms with Crippen LogP contribution in [0.5, 0.6) is 5.75 Å². The molecule has 4 aromatic rings. The van der Waals surface area contributed by atoms with Gasteiger partial charge in [0.05, 0.1) is 35.2 Å². The predicted octanol–water partition coefficient (Wildman–Crippen LogP) is 4.40. The second kappa shape index (κ2) is 9.87. The van der Waals surface area contributed by atoms with Crippen LogP contribution in [0.3, 0.4) is 0 Å². The zero-order valence-electron chi connectivity index (χ0n) is 18.5. The van der Waals surface area contributed by atoms with E-state index < -0.39 is 10.0 Å². The van der Waals surface area contributed by atoms with Gasteiger partial charge in [0, 0.05) is 11.6 Å². The molecular weight excluding hydrogens is 459 g/mol. The zero-order valence-corrected chi connectivity index (χ0v) is 19.4. The Balaban J connectivity index is 1.59. The van der Waals surface area contributed by atoms with Gasteiger partial charge in [0.15, 0.2) is 5.82 Å². The van der Waals surface area contributed by atoms with Crippen LogP contribution in [0.15, 0.2) is 60.9 Å². The number of sulfonamides is 1. The molecule has 0 aliphatic carbocycles. The van der Waals surface area contributed by atoms with Crippen LogP contribution in [0.2, 0.25) is 0 Å². The average molecular weight is 483 g/mol. The van der Waals surface area contributed by atoms with Gasteiger partial charge in [-0.3, -0.25) is 14.8 Å². The molecular formula is C23H23FN6O3S. The molecule has 0 unspecified atom stereocenters. The fourth-order valence-electron chi connectivity index (χ4n) is 3.00. The summed E-state index contributed by atoms with van der Waals surface area (Å²) < 4.78 is 45.9. The van der Waals surface area contributed by atoms with Crippen LogP contribution in [-0.4, -0.2) is 34.3 Å². The Bertz CT molecular complexity index is 1370. The topological polar surface area (TPSA) is 122 Å². The molecule has 0 amide bonds. The number of H-pyrrole nitrogens is 1. The molecule has 2 aromatic heterocycles. The van der Waals surface area contributed by atoms with E-state index in [0.717, 1.165) is 16.8 Å². The van der Waals surface area contributed by atoms with Crippen molar-refractivity contribution in [2.75, 3.05) is 15.8 Å². The van der Waals surface area contributed by atoms with Gasteiger partial charge in [0.1, 0.15) is 24.0 Å². The first-order valence-electron chi connectivity index (χ1n) is 10.4.